The molecule has 0 aliphatic carbocycles. The van der Waals surface area contributed by atoms with Gasteiger partial charge in [-0.3, -0.25) is 0 Å². The number of hydrogen-bond acceptors (Lipinski definition) is 5. The van der Waals surface area contributed by atoms with E-state index in [0.717, 1.165) is 36.1 Å². The minimum absolute atomic E-state index is 0.333. The zero-order valence-corrected chi connectivity index (χ0v) is 14.7. The number of thioether (sulfide) groups is 1. The van der Waals surface area contributed by atoms with E-state index in [1.165, 1.54) is 18.6 Å². The molecule has 0 radical (unpaired) electrons. The van der Waals surface area contributed by atoms with Gasteiger partial charge in [0, 0.05) is 29.3 Å². The second kappa shape index (κ2) is 6.86. The molecule has 1 aliphatic heterocycles. The number of nitrogens with zero attached hydrogens (tertiary/aromatic N) is 2. The summed E-state index contributed by atoms with van der Waals surface area (Å²) in [5.41, 5.74) is 1.12. The van der Waals surface area contributed by atoms with E-state index >= 15 is 0 Å². The van der Waals surface area contributed by atoms with Gasteiger partial charge in [-0.05, 0) is 39.4 Å². The Balaban J connectivity index is 2.20. The monoisotopic (exact) mass is 308 g/mol. The fourth-order valence-corrected chi connectivity index (χ4v) is 3.80. The average molecular weight is 308 g/mol. The van der Waals surface area contributed by atoms with E-state index in [2.05, 4.69) is 62.0 Å². The van der Waals surface area contributed by atoms with Crippen LogP contribution in [0.2, 0.25) is 0 Å². The van der Waals surface area contributed by atoms with Crippen LogP contribution in [0.1, 0.15) is 57.8 Å². The molecule has 1 aromatic heterocycles. The van der Waals surface area contributed by atoms with Crippen molar-refractivity contribution in [1.82, 2.24) is 9.97 Å². The topological polar surface area (TPSA) is 49.8 Å². The van der Waals surface area contributed by atoms with Crippen molar-refractivity contribution in [1.29, 1.82) is 0 Å². The van der Waals surface area contributed by atoms with Gasteiger partial charge in [-0.15, -0.1) is 0 Å². The van der Waals surface area contributed by atoms with Crippen LogP contribution in [0.25, 0.3) is 0 Å². The summed E-state index contributed by atoms with van der Waals surface area (Å²) in [6.45, 7) is 12.7. The van der Waals surface area contributed by atoms with Gasteiger partial charge in [0.2, 0.25) is 0 Å². The SMILES string of the molecule is CCNc1nc(C(C)C)nc(NCC2(C)CCCS2)c1C. The minimum atomic E-state index is 0.333. The van der Waals surface area contributed by atoms with E-state index in [4.69, 9.17) is 4.98 Å². The molecule has 0 bridgehead atoms. The molecule has 1 atom stereocenters. The van der Waals surface area contributed by atoms with Gasteiger partial charge in [0.25, 0.3) is 0 Å². The van der Waals surface area contributed by atoms with E-state index < -0.39 is 0 Å². The molecular formula is C16H28N4S. The van der Waals surface area contributed by atoms with Crippen molar-refractivity contribution in [2.45, 2.75) is 58.1 Å². The Labute approximate surface area is 132 Å². The summed E-state index contributed by atoms with van der Waals surface area (Å²) in [5, 5.41) is 6.93. The molecular weight excluding hydrogens is 280 g/mol. The Kier molecular flexibility index (Phi) is 5.36. The van der Waals surface area contributed by atoms with Crippen LogP contribution in [-0.2, 0) is 0 Å². The van der Waals surface area contributed by atoms with E-state index in [1.807, 2.05) is 0 Å². The van der Waals surface area contributed by atoms with Crippen LogP contribution in [0.4, 0.5) is 11.6 Å². The lowest BCUT2D eigenvalue weighted by Crippen LogP contribution is -2.28. The third kappa shape index (κ3) is 4.02. The van der Waals surface area contributed by atoms with Crippen LogP contribution in [-0.4, -0.2) is 33.6 Å². The second-order valence-corrected chi connectivity index (χ2v) is 8.03. The van der Waals surface area contributed by atoms with Crippen molar-refractivity contribution < 1.29 is 0 Å². The van der Waals surface area contributed by atoms with Crippen LogP contribution >= 0.6 is 11.8 Å². The van der Waals surface area contributed by atoms with Crippen molar-refractivity contribution in [3.05, 3.63) is 11.4 Å². The molecule has 2 rings (SSSR count). The van der Waals surface area contributed by atoms with Gasteiger partial charge in [-0.25, -0.2) is 9.97 Å². The standard InChI is InChI=1S/C16H28N4S/c1-6-17-14-12(4)15(20-13(19-14)11(2)3)18-10-16(5)8-7-9-21-16/h11H,6-10H2,1-5H3,(H2,17,18,19,20). The van der Waals surface area contributed by atoms with Crippen molar-refractivity contribution in [3.63, 3.8) is 0 Å². The number of nitrogens with one attached hydrogen (secondary N) is 2. The molecule has 2 heterocycles. The molecule has 1 aromatic rings. The largest absolute Gasteiger partial charge is 0.370 e. The molecule has 1 fully saturated rings. The molecule has 0 saturated carbocycles. The molecule has 5 heteroatoms. The predicted molar refractivity (Wildman–Crippen MR) is 93.6 cm³/mol. The molecule has 4 nitrogen and oxygen atoms in total. The Morgan fingerprint density at radius 2 is 1.90 bits per heavy atom. The lowest BCUT2D eigenvalue weighted by Gasteiger charge is -2.24. The first-order valence-electron chi connectivity index (χ1n) is 7.95. The normalized spacial score (nSPS) is 21.8. The predicted octanol–water partition coefficient (Wildman–Crippen LogP) is 4.04. The maximum absolute atomic E-state index is 4.74. The van der Waals surface area contributed by atoms with E-state index in [9.17, 15) is 0 Å². The quantitative estimate of drug-likeness (QED) is 0.830. The lowest BCUT2D eigenvalue weighted by molar-refractivity contribution is 0.632. The smallest absolute Gasteiger partial charge is 0.135 e. The fourth-order valence-electron chi connectivity index (χ4n) is 2.55. The molecule has 1 aliphatic rings. The zero-order valence-electron chi connectivity index (χ0n) is 13.9. The molecule has 21 heavy (non-hydrogen) atoms. The Hall–Kier alpha value is -0.970. The summed E-state index contributed by atoms with van der Waals surface area (Å²) in [4.78, 5) is 9.39. The van der Waals surface area contributed by atoms with E-state index in [-0.39, 0.29) is 0 Å². The van der Waals surface area contributed by atoms with Crippen molar-refractivity contribution >= 4 is 23.4 Å². The maximum Gasteiger partial charge on any atom is 0.135 e. The molecule has 1 unspecified atom stereocenters. The summed E-state index contributed by atoms with van der Waals surface area (Å²) in [6, 6.07) is 0. The maximum atomic E-state index is 4.74. The molecule has 0 aromatic carbocycles. The summed E-state index contributed by atoms with van der Waals surface area (Å²) in [7, 11) is 0. The summed E-state index contributed by atoms with van der Waals surface area (Å²) in [5.74, 6) is 4.46. The zero-order chi connectivity index (χ0) is 15.5. The summed E-state index contributed by atoms with van der Waals surface area (Å²) in [6.07, 6.45) is 2.61. The Morgan fingerprint density at radius 3 is 2.43 bits per heavy atom. The van der Waals surface area contributed by atoms with Gasteiger partial charge in [0.15, 0.2) is 0 Å². The highest BCUT2D eigenvalue weighted by atomic mass is 32.2. The first-order valence-corrected chi connectivity index (χ1v) is 8.94. The van der Waals surface area contributed by atoms with Crippen molar-refractivity contribution in [2.75, 3.05) is 29.5 Å². The first kappa shape index (κ1) is 16.4. The van der Waals surface area contributed by atoms with Crippen molar-refractivity contribution in [2.24, 2.45) is 0 Å². The first-order chi connectivity index (χ1) is 9.95. The Morgan fingerprint density at radius 1 is 1.24 bits per heavy atom. The minimum Gasteiger partial charge on any atom is -0.370 e. The van der Waals surface area contributed by atoms with Gasteiger partial charge < -0.3 is 10.6 Å². The number of rotatable bonds is 6. The van der Waals surface area contributed by atoms with Crippen LogP contribution in [0.5, 0.6) is 0 Å². The molecule has 0 spiro atoms. The Bertz CT molecular complexity index is 481. The van der Waals surface area contributed by atoms with Gasteiger partial charge in [0.05, 0.1) is 0 Å². The highest BCUT2D eigenvalue weighted by Gasteiger charge is 2.29. The highest BCUT2D eigenvalue weighted by Crippen LogP contribution is 2.38. The van der Waals surface area contributed by atoms with Crippen molar-refractivity contribution in [3.8, 4) is 0 Å². The average Bonchev–Trinajstić information content (AvgIpc) is 2.87. The third-order valence-electron chi connectivity index (χ3n) is 3.95. The van der Waals surface area contributed by atoms with Gasteiger partial charge >= 0.3 is 0 Å². The summed E-state index contributed by atoms with van der Waals surface area (Å²) >= 11 is 2.07. The van der Waals surface area contributed by atoms with Crippen LogP contribution in [0.15, 0.2) is 0 Å². The number of hydrogen-bond donors (Lipinski definition) is 2. The van der Waals surface area contributed by atoms with Crippen LogP contribution in [0.3, 0.4) is 0 Å². The molecule has 0 amide bonds. The number of anilines is 2. The van der Waals surface area contributed by atoms with Gasteiger partial charge in [-0.2, -0.15) is 11.8 Å². The molecule has 118 valence electrons. The van der Waals surface area contributed by atoms with Crippen LogP contribution < -0.4 is 10.6 Å². The second-order valence-electron chi connectivity index (χ2n) is 6.34. The van der Waals surface area contributed by atoms with Gasteiger partial charge in [-0.1, -0.05) is 13.8 Å². The van der Waals surface area contributed by atoms with E-state index in [1.54, 1.807) is 0 Å². The number of aromatic nitrogens is 2. The van der Waals surface area contributed by atoms with Crippen LogP contribution in [0, 0.1) is 6.92 Å². The molecule has 1 saturated heterocycles. The summed E-state index contributed by atoms with van der Waals surface area (Å²) < 4.78 is 0.341. The third-order valence-corrected chi connectivity index (χ3v) is 5.49. The lowest BCUT2D eigenvalue weighted by atomic mass is 10.1. The molecule has 2 N–H and O–H groups in total. The fraction of sp³-hybridized carbons (Fsp3) is 0.750. The highest BCUT2D eigenvalue weighted by molar-refractivity contribution is 8.00. The van der Waals surface area contributed by atoms with Gasteiger partial charge in [0.1, 0.15) is 17.5 Å². The van der Waals surface area contributed by atoms with E-state index in [0.29, 0.717) is 10.7 Å².